The number of nitrogens with zero attached hydrogens (tertiary/aromatic N) is 5. The number of urea groups is 1. The summed E-state index contributed by atoms with van der Waals surface area (Å²) in [4.78, 5) is 27.6. The lowest BCUT2D eigenvalue weighted by Gasteiger charge is -2.19. The van der Waals surface area contributed by atoms with Gasteiger partial charge in [0.15, 0.2) is 0 Å². The van der Waals surface area contributed by atoms with Gasteiger partial charge in [-0.15, -0.1) is 0 Å². The summed E-state index contributed by atoms with van der Waals surface area (Å²) < 4.78 is 12.2. The number of hydrogen-bond donors (Lipinski definition) is 0. The number of amides is 3. The fourth-order valence-electron chi connectivity index (χ4n) is 3.18. The van der Waals surface area contributed by atoms with Crippen molar-refractivity contribution in [3.05, 3.63) is 29.9 Å². The van der Waals surface area contributed by atoms with Gasteiger partial charge in [-0.25, -0.2) is 9.69 Å². The third-order valence-corrected chi connectivity index (χ3v) is 4.55. The first kappa shape index (κ1) is 15.8. The fraction of sp³-hybridized carbons (Fsp3) is 0.500. The van der Waals surface area contributed by atoms with E-state index in [2.05, 4.69) is 10.3 Å². The summed E-state index contributed by atoms with van der Waals surface area (Å²) >= 11 is 0. The highest BCUT2D eigenvalue weighted by atomic mass is 16.5. The Labute approximate surface area is 144 Å². The second-order valence-corrected chi connectivity index (χ2v) is 6.33. The molecule has 4 heterocycles. The van der Waals surface area contributed by atoms with Gasteiger partial charge < -0.3 is 14.2 Å². The number of aromatic nitrogens is 3. The van der Waals surface area contributed by atoms with Crippen LogP contribution in [0.25, 0.3) is 0 Å². The standard InChI is InChI=1S/C16H19N5O4/c1-11-12(5-18-25-11)7-20-8-13(6-17-20)21-15(22)10-19(16(21)23)9-14-3-2-4-24-14/h5-6,8,14H,2-4,7,9-10H2,1H3. The van der Waals surface area contributed by atoms with Crippen molar-refractivity contribution < 1.29 is 18.8 Å². The summed E-state index contributed by atoms with van der Waals surface area (Å²) in [6, 6.07) is -0.318. The van der Waals surface area contributed by atoms with E-state index >= 15 is 0 Å². The van der Waals surface area contributed by atoms with Crippen molar-refractivity contribution >= 4 is 17.6 Å². The van der Waals surface area contributed by atoms with Gasteiger partial charge in [-0.2, -0.15) is 5.10 Å². The minimum absolute atomic E-state index is 0.0241. The molecule has 132 valence electrons. The SMILES string of the molecule is Cc1oncc1Cn1cc(N2C(=O)CN(CC3CCCO3)C2=O)cn1. The quantitative estimate of drug-likeness (QED) is 0.755. The first-order valence-corrected chi connectivity index (χ1v) is 8.28. The molecule has 0 radical (unpaired) electrons. The van der Waals surface area contributed by atoms with Crippen molar-refractivity contribution in [1.82, 2.24) is 19.8 Å². The molecule has 3 amide bonds. The van der Waals surface area contributed by atoms with Crippen LogP contribution in [-0.4, -0.2) is 57.6 Å². The topological polar surface area (TPSA) is 93.7 Å². The van der Waals surface area contributed by atoms with E-state index < -0.39 is 0 Å². The molecule has 0 aliphatic carbocycles. The molecule has 0 saturated carbocycles. The molecule has 2 aliphatic rings. The average Bonchev–Trinajstić information content (AvgIpc) is 3.34. The molecule has 1 unspecified atom stereocenters. The molecular formula is C16H19N5O4. The van der Waals surface area contributed by atoms with Crippen LogP contribution >= 0.6 is 0 Å². The predicted octanol–water partition coefficient (Wildman–Crippen LogP) is 1.18. The largest absolute Gasteiger partial charge is 0.376 e. The minimum atomic E-state index is -0.318. The van der Waals surface area contributed by atoms with E-state index in [9.17, 15) is 9.59 Å². The monoisotopic (exact) mass is 345 g/mol. The highest BCUT2D eigenvalue weighted by Gasteiger charge is 2.39. The van der Waals surface area contributed by atoms with Gasteiger partial charge in [-0.3, -0.25) is 9.48 Å². The lowest BCUT2D eigenvalue weighted by atomic mass is 10.2. The summed E-state index contributed by atoms with van der Waals surface area (Å²) in [5, 5.41) is 7.96. The van der Waals surface area contributed by atoms with Gasteiger partial charge in [0.05, 0.1) is 30.7 Å². The molecule has 2 saturated heterocycles. The third-order valence-electron chi connectivity index (χ3n) is 4.55. The molecule has 0 bridgehead atoms. The zero-order chi connectivity index (χ0) is 17.4. The van der Waals surface area contributed by atoms with Crippen molar-refractivity contribution in [3.63, 3.8) is 0 Å². The van der Waals surface area contributed by atoms with Crippen LogP contribution in [0.15, 0.2) is 23.1 Å². The average molecular weight is 345 g/mol. The molecule has 2 aromatic heterocycles. The molecule has 4 rings (SSSR count). The van der Waals surface area contributed by atoms with Crippen LogP contribution in [0.5, 0.6) is 0 Å². The van der Waals surface area contributed by atoms with Crippen molar-refractivity contribution in [2.75, 3.05) is 24.6 Å². The van der Waals surface area contributed by atoms with Gasteiger partial charge in [-0.05, 0) is 19.8 Å². The molecule has 0 aromatic carbocycles. The Balaban J connectivity index is 1.46. The summed E-state index contributed by atoms with van der Waals surface area (Å²) in [6.07, 6.45) is 6.78. The summed E-state index contributed by atoms with van der Waals surface area (Å²) in [5.41, 5.74) is 1.37. The summed E-state index contributed by atoms with van der Waals surface area (Å²) in [6.45, 7) is 3.54. The molecule has 9 nitrogen and oxygen atoms in total. The predicted molar refractivity (Wildman–Crippen MR) is 86.0 cm³/mol. The molecular weight excluding hydrogens is 326 g/mol. The third kappa shape index (κ3) is 3.02. The number of imide groups is 1. The molecule has 0 N–H and O–H groups in total. The number of carbonyl (C=O) groups is 2. The maximum Gasteiger partial charge on any atom is 0.332 e. The first-order valence-electron chi connectivity index (χ1n) is 8.28. The molecule has 1 atom stereocenters. The number of ether oxygens (including phenoxy) is 1. The minimum Gasteiger partial charge on any atom is -0.376 e. The lowest BCUT2D eigenvalue weighted by Crippen LogP contribution is -2.36. The van der Waals surface area contributed by atoms with Crippen LogP contribution in [0.1, 0.15) is 24.2 Å². The molecule has 0 spiro atoms. The van der Waals surface area contributed by atoms with Gasteiger partial charge in [-0.1, -0.05) is 5.16 Å². The Morgan fingerprint density at radius 1 is 1.32 bits per heavy atom. The van der Waals surface area contributed by atoms with Crippen LogP contribution < -0.4 is 4.90 Å². The number of carbonyl (C=O) groups excluding carboxylic acids is 2. The lowest BCUT2D eigenvalue weighted by molar-refractivity contribution is -0.116. The van der Waals surface area contributed by atoms with Crippen molar-refractivity contribution in [1.29, 1.82) is 0 Å². The van der Waals surface area contributed by atoms with Gasteiger partial charge in [0.1, 0.15) is 12.3 Å². The molecule has 2 aliphatic heterocycles. The van der Waals surface area contributed by atoms with Crippen LogP contribution in [-0.2, 0) is 16.1 Å². The smallest absolute Gasteiger partial charge is 0.332 e. The van der Waals surface area contributed by atoms with Crippen LogP contribution in [0.2, 0.25) is 0 Å². The van der Waals surface area contributed by atoms with E-state index in [0.717, 1.165) is 25.0 Å². The Morgan fingerprint density at radius 2 is 2.20 bits per heavy atom. The zero-order valence-electron chi connectivity index (χ0n) is 13.9. The normalized spacial score (nSPS) is 20.9. The summed E-state index contributed by atoms with van der Waals surface area (Å²) in [7, 11) is 0. The van der Waals surface area contributed by atoms with E-state index in [1.807, 2.05) is 6.92 Å². The van der Waals surface area contributed by atoms with E-state index in [-0.39, 0.29) is 24.6 Å². The highest BCUT2D eigenvalue weighted by molar-refractivity contribution is 6.19. The molecule has 2 aromatic rings. The number of anilines is 1. The molecule has 9 heteroatoms. The van der Waals surface area contributed by atoms with Crippen LogP contribution in [0, 0.1) is 6.92 Å². The number of hydrogen-bond acceptors (Lipinski definition) is 6. The van der Waals surface area contributed by atoms with E-state index in [1.165, 1.54) is 11.1 Å². The fourth-order valence-corrected chi connectivity index (χ4v) is 3.18. The Bertz CT molecular complexity index is 792. The van der Waals surface area contributed by atoms with Gasteiger partial charge in [0.25, 0.3) is 5.91 Å². The second kappa shape index (κ2) is 6.32. The number of aryl methyl sites for hydroxylation is 1. The van der Waals surface area contributed by atoms with Crippen LogP contribution in [0.3, 0.4) is 0 Å². The van der Waals surface area contributed by atoms with Gasteiger partial charge in [0, 0.05) is 24.9 Å². The van der Waals surface area contributed by atoms with Crippen LogP contribution in [0.4, 0.5) is 10.5 Å². The maximum absolute atomic E-state index is 12.6. The first-order chi connectivity index (χ1) is 12.1. The second-order valence-electron chi connectivity index (χ2n) is 6.33. The van der Waals surface area contributed by atoms with Crippen molar-refractivity contribution in [2.45, 2.75) is 32.4 Å². The maximum atomic E-state index is 12.6. The molecule has 25 heavy (non-hydrogen) atoms. The van der Waals surface area contributed by atoms with E-state index in [1.54, 1.807) is 22.0 Å². The Kier molecular flexibility index (Phi) is 4.00. The van der Waals surface area contributed by atoms with E-state index in [0.29, 0.717) is 24.5 Å². The van der Waals surface area contributed by atoms with E-state index in [4.69, 9.17) is 9.26 Å². The van der Waals surface area contributed by atoms with Gasteiger partial charge in [0.2, 0.25) is 0 Å². The Morgan fingerprint density at radius 3 is 2.92 bits per heavy atom. The van der Waals surface area contributed by atoms with Crippen molar-refractivity contribution in [2.24, 2.45) is 0 Å². The van der Waals surface area contributed by atoms with Crippen molar-refractivity contribution in [3.8, 4) is 0 Å². The number of rotatable bonds is 5. The summed E-state index contributed by atoms with van der Waals surface area (Å²) in [5.74, 6) is 0.469. The Hall–Kier alpha value is -2.68. The highest BCUT2D eigenvalue weighted by Crippen LogP contribution is 2.23. The zero-order valence-corrected chi connectivity index (χ0v) is 13.9. The molecule has 2 fully saturated rings. The van der Waals surface area contributed by atoms with Gasteiger partial charge >= 0.3 is 6.03 Å².